The molecule has 0 amide bonds. The van der Waals surface area contributed by atoms with E-state index in [1.165, 1.54) is 5.56 Å². The summed E-state index contributed by atoms with van der Waals surface area (Å²) in [6.07, 6.45) is 4.35. The van der Waals surface area contributed by atoms with Gasteiger partial charge in [0.15, 0.2) is 0 Å². The minimum Gasteiger partial charge on any atom is -0.316 e. The van der Waals surface area contributed by atoms with Crippen LogP contribution in [0.5, 0.6) is 0 Å². The Bertz CT molecular complexity index is 362. The molecule has 0 aliphatic carbocycles. The molecule has 2 nitrogen and oxygen atoms in total. The lowest BCUT2D eigenvalue weighted by Gasteiger charge is -2.14. The Morgan fingerprint density at radius 2 is 1.83 bits per heavy atom. The van der Waals surface area contributed by atoms with Gasteiger partial charge in [0.05, 0.1) is 11.5 Å². The molecule has 1 aromatic carbocycles. The largest absolute Gasteiger partial charge is 0.316 e. The molecule has 0 unspecified atom stereocenters. The molecule has 1 rings (SSSR count). The van der Waals surface area contributed by atoms with Gasteiger partial charge in [0.2, 0.25) is 0 Å². The minimum atomic E-state index is -0.163. The van der Waals surface area contributed by atoms with E-state index < -0.39 is 0 Å². The van der Waals surface area contributed by atoms with Crippen LogP contribution < -0.4 is 5.32 Å². The Morgan fingerprint density at radius 3 is 2.50 bits per heavy atom. The molecule has 0 aliphatic rings. The van der Waals surface area contributed by atoms with Gasteiger partial charge in [-0.2, -0.15) is 5.26 Å². The average molecular weight is 244 g/mol. The van der Waals surface area contributed by atoms with E-state index >= 15 is 0 Å². The van der Waals surface area contributed by atoms with Crippen molar-refractivity contribution in [2.24, 2.45) is 5.41 Å². The smallest absolute Gasteiger partial charge is 0.0683 e. The van der Waals surface area contributed by atoms with Crippen LogP contribution in [0, 0.1) is 16.7 Å². The van der Waals surface area contributed by atoms with Crippen molar-refractivity contribution in [1.29, 1.82) is 5.26 Å². The van der Waals surface area contributed by atoms with Crippen molar-refractivity contribution < 1.29 is 0 Å². The van der Waals surface area contributed by atoms with Crippen LogP contribution in [-0.2, 0) is 6.42 Å². The molecule has 0 aromatic heterocycles. The Hall–Kier alpha value is -1.33. The summed E-state index contributed by atoms with van der Waals surface area (Å²) in [5, 5.41) is 12.4. The second-order valence-corrected chi connectivity index (χ2v) is 5.44. The summed E-state index contributed by atoms with van der Waals surface area (Å²) in [5.74, 6) is 0. The zero-order valence-electron chi connectivity index (χ0n) is 11.6. The first-order valence-electron chi connectivity index (χ1n) is 6.80. The van der Waals surface area contributed by atoms with Crippen LogP contribution in [0.2, 0.25) is 0 Å². The first-order chi connectivity index (χ1) is 8.64. The first kappa shape index (κ1) is 14.7. The number of rotatable bonds is 8. The summed E-state index contributed by atoms with van der Waals surface area (Å²) < 4.78 is 0. The quantitative estimate of drug-likeness (QED) is 0.710. The van der Waals surface area contributed by atoms with E-state index in [0.717, 1.165) is 38.8 Å². The molecule has 0 radical (unpaired) electrons. The molecule has 2 heteroatoms. The van der Waals surface area contributed by atoms with Crippen LogP contribution in [0.4, 0.5) is 0 Å². The Labute approximate surface area is 111 Å². The molecule has 98 valence electrons. The highest BCUT2D eigenvalue weighted by molar-refractivity contribution is 5.14. The van der Waals surface area contributed by atoms with Crippen molar-refractivity contribution in [3.05, 3.63) is 35.9 Å². The molecule has 0 saturated heterocycles. The van der Waals surface area contributed by atoms with E-state index in [2.05, 4.69) is 35.7 Å². The molecule has 0 atom stereocenters. The zero-order valence-corrected chi connectivity index (χ0v) is 11.6. The third kappa shape index (κ3) is 6.42. The summed E-state index contributed by atoms with van der Waals surface area (Å²) >= 11 is 0. The van der Waals surface area contributed by atoms with Crippen LogP contribution >= 0.6 is 0 Å². The number of hydrogen-bond acceptors (Lipinski definition) is 2. The van der Waals surface area contributed by atoms with E-state index in [0.29, 0.717) is 0 Å². The molecule has 0 bridgehead atoms. The molecule has 18 heavy (non-hydrogen) atoms. The predicted molar refractivity (Wildman–Crippen MR) is 76.3 cm³/mol. The third-order valence-electron chi connectivity index (χ3n) is 3.14. The highest BCUT2D eigenvalue weighted by atomic mass is 14.8. The standard InChI is InChI=1S/C16H24N2/c1-16(2,14-17)11-6-7-12-18-13-10-15-8-4-3-5-9-15/h3-5,8-9,18H,6-7,10-13H2,1-2H3. The molecular weight excluding hydrogens is 220 g/mol. The van der Waals surface area contributed by atoms with Crippen LogP contribution in [0.3, 0.4) is 0 Å². The van der Waals surface area contributed by atoms with Crippen molar-refractivity contribution in [1.82, 2.24) is 5.32 Å². The molecule has 0 aliphatic heterocycles. The van der Waals surface area contributed by atoms with Gasteiger partial charge in [-0.1, -0.05) is 36.8 Å². The summed E-state index contributed by atoms with van der Waals surface area (Å²) in [6, 6.07) is 12.9. The molecule has 0 spiro atoms. The predicted octanol–water partition coefficient (Wildman–Crippen LogP) is 3.54. The lowest BCUT2D eigenvalue weighted by atomic mass is 9.89. The molecule has 1 aromatic rings. The van der Waals surface area contributed by atoms with Gasteiger partial charge in [-0.25, -0.2) is 0 Å². The highest BCUT2D eigenvalue weighted by Gasteiger charge is 2.14. The molecular formula is C16H24N2. The normalized spacial score (nSPS) is 11.2. The van der Waals surface area contributed by atoms with Crippen LogP contribution in [0.1, 0.15) is 38.7 Å². The Balaban J connectivity index is 1.98. The van der Waals surface area contributed by atoms with E-state index in [9.17, 15) is 0 Å². The van der Waals surface area contributed by atoms with Gasteiger partial charge in [0.1, 0.15) is 0 Å². The maximum absolute atomic E-state index is 8.90. The third-order valence-corrected chi connectivity index (χ3v) is 3.14. The van der Waals surface area contributed by atoms with Gasteiger partial charge < -0.3 is 5.32 Å². The fraction of sp³-hybridized carbons (Fsp3) is 0.562. The SMILES string of the molecule is CC(C)(C#N)CCCCNCCc1ccccc1. The van der Waals surface area contributed by atoms with Gasteiger partial charge >= 0.3 is 0 Å². The van der Waals surface area contributed by atoms with Crippen molar-refractivity contribution in [3.63, 3.8) is 0 Å². The summed E-state index contributed by atoms with van der Waals surface area (Å²) in [7, 11) is 0. The van der Waals surface area contributed by atoms with Crippen LogP contribution in [0.25, 0.3) is 0 Å². The highest BCUT2D eigenvalue weighted by Crippen LogP contribution is 2.21. The molecule has 0 fully saturated rings. The average Bonchev–Trinajstić information content (AvgIpc) is 2.39. The fourth-order valence-electron chi connectivity index (χ4n) is 1.88. The van der Waals surface area contributed by atoms with E-state index in [1.807, 2.05) is 19.9 Å². The monoisotopic (exact) mass is 244 g/mol. The number of nitrogens with one attached hydrogen (secondary N) is 1. The number of nitriles is 1. The number of nitrogens with zero attached hydrogens (tertiary/aromatic N) is 1. The van der Waals surface area contributed by atoms with Gasteiger partial charge in [-0.05, 0) is 51.8 Å². The number of hydrogen-bond donors (Lipinski definition) is 1. The van der Waals surface area contributed by atoms with Gasteiger partial charge in [0, 0.05) is 0 Å². The van der Waals surface area contributed by atoms with E-state index in [4.69, 9.17) is 5.26 Å². The maximum atomic E-state index is 8.90. The van der Waals surface area contributed by atoms with Crippen molar-refractivity contribution in [3.8, 4) is 6.07 Å². The topological polar surface area (TPSA) is 35.8 Å². The Morgan fingerprint density at radius 1 is 1.11 bits per heavy atom. The Kier molecular flexibility index (Phi) is 6.46. The number of unbranched alkanes of at least 4 members (excludes halogenated alkanes) is 1. The lowest BCUT2D eigenvalue weighted by molar-refractivity contribution is 0.423. The van der Waals surface area contributed by atoms with Crippen molar-refractivity contribution in [2.45, 2.75) is 39.5 Å². The second kappa shape index (κ2) is 7.89. The number of benzene rings is 1. The lowest BCUT2D eigenvalue weighted by Crippen LogP contribution is -2.19. The van der Waals surface area contributed by atoms with Crippen molar-refractivity contribution in [2.75, 3.05) is 13.1 Å². The summed E-state index contributed by atoms with van der Waals surface area (Å²) in [5.41, 5.74) is 1.22. The molecule has 0 saturated carbocycles. The summed E-state index contributed by atoms with van der Waals surface area (Å²) in [4.78, 5) is 0. The fourth-order valence-corrected chi connectivity index (χ4v) is 1.88. The zero-order chi connectivity index (χ0) is 13.3. The summed E-state index contributed by atoms with van der Waals surface area (Å²) in [6.45, 7) is 6.10. The molecule has 0 heterocycles. The van der Waals surface area contributed by atoms with Gasteiger partial charge in [0.25, 0.3) is 0 Å². The van der Waals surface area contributed by atoms with Crippen LogP contribution in [0.15, 0.2) is 30.3 Å². The van der Waals surface area contributed by atoms with Gasteiger partial charge in [-0.15, -0.1) is 0 Å². The second-order valence-electron chi connectivity index (χ2n) is 5.44. The van der Waals surface area contributed by atoms with Crippen LogP contribution in [-0.4, -0.2) is 13.1 Å². The first-order valence-corrected chi connectivity index (χ1v) is 6.80. The van der Waals surface area contributed by atoms with E-state index in [-0.39, 0.29) is 5.41 Å². The van der Waals surface area contributed by atoms with Gasteiger partial charge in [-0.3, -0.25) is 0 Å². The molecule has 1 N–H and O–H groups in total. The maximum Gasteiger partial charge on any atom is 0.0683 e. The van der Waals surface area contributed by atoms with E-state index in [1.54, 1.807) is 0 Å². The van der Waals surface area contributed by atoms with Crippen molar-refractivity contribution >= 4 is 0 Å². The minimum absolute atomic E-state index is 0.163.